The number of allylic oxidation sites excluding steroid dienone is 1. The van der Waals surface area contributed by atoms with E-state index in [9.17, 15) is 14.3 Å². The maximum absolute atomic E-state index is 13.0. The first kappa shape index (κ1) is 16.6. The van der Waals surface area contributed by atoms with Crippen LogP contribution in [0.25, 0.3) is 5.76 Å². The zero-order valence-electron chi connectivity index (χ0n) is 13.5. The van der Waals surface area contributed by atoms with Crippen LogP contribution in [0.5, 0.6) is 0 Å². The lowest BCUT2D eigenvalue weighted by Gasteiger charge is -2.03. The van der Waals surface area contributed by atoms with Gasteiger partial charge in [0.2, 0.25) is 11.6 Å². The molecule has 2 aromatic heterocycles. The number of nitrogens with one attached hydrogen (secondary N) is 1. The summed E-state index contributed by atoms with van der Waals surface area (Å²) in [5.74, 6) is -1.11. The van der Waals surface area contributed by atoms with E-state index in [0.717, 1.165) is 17.2 Å². The minimum Gasteiger partial charge on any atom is -0.507 e. The van der Waals surface area contributed by atoms with Crippen molar-refractivity contribution in [3.8, 4) is 0 Å². The average Bonchev–Trinajstić information content (AvgIpc) is 3.26. The van der Waals surface area contributed by atoms with Crippen molar-refractivity contribution in [1.82, 2.24) is 25.2 Å². The molecule has 0 unspecified atom stereocenters. The van der Waals surface area contributed by atoms with Gasteiger partial charge >= 0.3 is 0 Å². The largest absolute Gasteiger partial charge is 0.507 e. The second kappa shape index (κ2) is 7.08. The van der Waals surface area contributed by atoms with Gasteiger partial charge in [-0.25, -0.2) is 4.39 Å². The molecule has 0 atom stereocenters. The number of halogens is 1. The summed E-state index contributed by atoms with van der Waals surface area (Å²) >= 11 is 0. The minimum atomic E-state index is -0.542. The van der Waals surface area contributed by atoms with Gasteiger partial charge in [0.25, 0.3) is 0 Å². The molecule has 7 nitrogen and oxygen atoms in total. The third kappa shape index (κ3) is 3.79. The number of aromatic amines is 1. The van der Waals surface area contributed by atoms with Crippen molar-refractivity contribution >= 4 is 11.5 Å². The lowest BCUT2D eigenvalue weighted by molar-refractivity contribution is 0.103. The number of rotatable bonds is 6. The van der Waals surface area contributed by atoms with Crippen molar-refractivity contribution in [2.45, 2.75) is 19.9 Å². The summed E-state index contributed by atoms with van der Waals surface area (Å²) in [7, 11) is 0. The van der Waals surface area contributed by atoms with Crippen LogP contribution in [0.1, 0.15) is 34.2 Å². The predicted octanol–water partition coefficient (Wildman–Crippen LogP) is 2.53. The van der Waals surface area contributed by atoms with Crippen molar-refractivity contribution in [1.29, 1.82) is 0 Å². The molecule has 128 valence electrons. The summed E-state index contributed by atoms with van der Waals surface area (Å²) < 4.78 is 14.9. The molecule has 0 amide bonds. The molecule has 3 rings (SSSR count). The molecule has 0 aliphatic rings. The number of hydrogen-bond donors (Lipinski definition) is 2. The Morgan fingerprint density at radius 1 is 1.32 bits per heavy atom. The highest BCUT2D eigenvalue weighted by molar-refractivity contribution is 6.05. The van der Waals surface area contributed by atoms with Gasteiger partial charge in [-0.15, -0.1) is 10.2 Å². The second-order valence-electron chi connectivity index (χ2n) is 5.48. The van der Waals surface area contributed by atoms with Crippen molar-refractivity contribution < 1.29 is 14.3 Å². The number of benzene rings is 1. The van der Waals surface area contributed by atoms with E-state index in [0.29, 0.717) is 18.5 Å². The molecule has 3 aromatic rings. The van der Waals surface area contributed by atoms with Crippen molar-refractivity contribution in [2.75, 3.05) is 0 Å². The van der Waals surface area contributed by atoms with Crippen LogP contribution in [0, 0.1) is 5.82 Å². The Hall–Kier alpha value is -3.29. The Balaban J connectivity index is 1.84. The molecule has 25 heavy (non-hydrogen) atoms. The number of aryl methyl sites for hydroxylation is 1. The number of aliphatic hydroxyl groups is 1. The fourth-order valence-electron chi connectivity index (χ4n) is 2.49. The van der Waals surface area contributed by atoms with Crippen molar-refractivity contribution in [3.05, 3.63) is 71.1 Å². The van der Waals surface area contributed by atoms with Gasteiger partial charge in [-0.05, 0) is 34.9 Å². The van der Waals surface area contributed by atoms with E-state index >= 15 is 0 Å². The highest BCUT2D eigenvalue weighted by Gasteiger charge is 2.14. The third-order valence-corrected chi connectivity index (χ3v) is 3.73. The molecular formula is C17H16FN5O2. The molecular weight excluding hydrogens is 325 g/mol. The standard InChI is InChI=1S/C17H16FN5O2/c1-2-12-9-23(8-11-3-5-13(18)6-4-11)10-14(12)15(24)7-16(25)17-19-21-22-20-17/h3-7,9-10,24H,2,8H2,1H3,(H,19,20,21,22). The number of tetrazole rings is 1. The third-order valence-electron chi connectivity index (χ3n) is 3.73. The topological polar surface area (TPSA) is 96.7 Å². The summed E-state index contributed by atoms with van der Waals surface area (Å²) in [5.41, 5.74) is 2.37. The van der Waals surface area contributed by atoms with E-state index in [1.54, 1.807) is 18.3 Å². The molecule has 0 saturated heterocycles. The number of nitrogens with zero attached hydrogens (tertiary/aromatic N) is 4. The van der Waals surface area contributed by atoms with Crippen LogP contribution in [0.2, 0.25) is 0 Å². The van der Waals surface area contributed by atoms with Crippen LogP contribution in [0.15, 0.2) is 42.7 Å². The van der Waals surface area contributed by atoms with Crippen LogP contribution >= 0.6 is 0 Å². The van der Waals surface area contributed by atoms with E-state index in [1.165, 1.54) is 12.1 Å². The van der Waals surface area contributed by atoms with Crippen LogP contribution in [0.4, 0.5) is 4.39 Å². The lowest BCUT2D eigenvalue weighted by atomic mass is 10.1. The molecule has 0 bridgehead atoms. The highest BCUT2D eigenvalue weighted by Crippen LogP contribution is 2.21. The van der Waals surface area contributed by atoms with Gasteiger partial charge < -0.3 is 9.67 Å². The Morgan fingerprint density at radius 2 is 2.08 bits per heavy atom. The smallest absolute Gasteiger partial charge is 0.244 e. The van der Waals surface area contributed by atoms with Crippen molar-refractivity contribution in [2.24, 2.45) is 0 Å². The SMILES string of the molecule is CCc1cn(Cc2ccc(F)cc2)cc1C(O)=CC(=O)c1nn[nH]n1. The average molecular weight is 341 g/mol. The molecule has 1 aromatic carbocycles. The molecule has 0 aliphatic carbocycles. The number of carbonyl (C=O) groups is 1. The molecule has 0 aliphatic heterocycles. The Labute approximate surface area is 142 Å². The first-order valence-electron chi connectivity index (χ1n) is 7.68. The first-order chi connectivity index (χ1) is 12.1. The highest BCUT2D eigenvalue weighted by atomic mass is 19.1. The van der Waals surface area contributed by atoms with Crippen LogP contribution in [0.3, 0.4) is 0 Å². The number of carbonyl (C=O) groups excluding carboxylic acids is 1. The molecule has 0 radical (unpaired) electrons. The number of H-pyrrole nitrogens is 1. The van der Waals surface area contributed by atoms with Crippen LogP contribution in [-0.4, -0.2) is 36.1 Å². The minimum absolute atomic E-state index is 0.115. The molecule has 0 saturated carbocycles. The normalized spacial score (nSPS) is 11.7. The quantitative estimate of drug-likeness (QED) is 0.408. The summed E-state index contributed by atoms with van der Waals surface area (Å²) in [6.45, 7) is 2.48. The Bertz CT molecular complexity index is 898. The maximum Gasteiger partial charge on any atom is 0.244 e. The lowest BCUT2D eigenvalue weighted by Crippen LogP contribution is -2.00. The number of aromatic nitrogens is 5. The zero-order valence-corrected chi connectivity index (χ0v) is 13.5. The van der Waals surface area contributed by atoms with E-state index in [-0.39, 0.29) is 17.4 Å². The van der Waals surface area contributed by atoms with E-state index < -0.39 is 5.78 Å². The van der Waals surface area contributed by atoms with E-state index in [2.05, 4.69) is 20.6 Å². The van der Waals surface area contributed by atoms with Crippen LogP contribution in [-0.2, 0) is 13.0 Å². The molecule has 2 N–H and O–H groups in total. The van der Waals surface area contributed by atoms with Crippen molar-refractivity contribution in [3.63, 3.8) is 0 Å². The molecule has 8 heteroatoms. The van der Waals surface area contributed by atoms with Gasteiger partial charge in [-0.3, -0.25) is 4.79 Å². The van der Waals surface area contributed by atoms with Gasteiger partial charge in [-0.2, -0.15) is 5.21 Å². The maximum atomic E-state index is 13.0. The Kier molecular flexibility index (Phi) is 4.69. The monoisotopic (exact) mass is 341 g/mol. The van der Waals surface area contributed by atoms with Gasteiger partial charge in [0.15, 0.2) is 0 Å². The number of ketones is 1. The van der Waals surface area contributed by atoms with E-state index in [4.69, 9.17) is 0 Å². The number of hydrogen-bond acceptors (Lipinski definition) is 5. The van der Waals surface area contributed by atoms with Gasteiger partial charge in [0.1, 0.15) is 11.6 Å². The first-order valence-corrected chi connectivity index (χ1v) is 7.68. The predicted molar refractivity (Wildman–Crippen MR) is 88.4 cm³/mol. The fraction of sp³-hybridized carbons (Fsp3) is 0.176. The molecule has 0 fully saturated rings. The molecule has 0 spiro atoms. The molecule has 2 heterocycles. The van der Waals surface area contributed by atoms with Gasteiger partial charge in [-0.1, -0.05) is 19.1 Å². The summed E-state index contributed by atoms with van der Waals surface area (Å²) in [6.07, 6.45) is 5.39. The summed E-state index contributed by atoms with van der Waals surface area (Å²) in [4.78, 5) is 12.0. The number of aliphatic hydroxyl groups excluding tert-OH is 1. The summed E-state index contributed by atoms with van der Waals surface area (Å²) in [5, 5.41) is 23.0. The van der Waals surface area contributed by atoms with Gasteiger partial charge in [0.05, 0.1) is 0 Å². The second-order valence-corrected chi connectivity index (χ2v) is 5.48. The Morgan fingerprint density at radius 3 is 2.72 bits per heavy atom. The zero-order chi connectivity index (χ0) is 17.8. The van der Waals surface area contributed by atoms with Crippen LogP contribution < -0.4 is 0 Å². The van der Waals surface area contributed by atoms with E-state index in [1.807, 2.05) is 17.7 Å². The van der Waals surface area contributed by atoms with Gasteiger partial charge in [0, 0.05) is 30.6 Å². The summed E-state index contributed by atoms with van der Waals surface area (Å²) in [6, 6.07) is 6.22. The fourth-order valence-corrected chi connectivity index (χ4v) is 2.49.